The van der Waals surface area contributed by atoms with E-state index in [1.807, 2.05) is 19.1 Å². The molecular formula is C17H21N3O3S. The second-order valence-electron chi connectivity index (χ2n) is 5.14. The van der Waals surface area contributed by atoms with Crippen molar-refractivity contribution in [3.63, 3.8) is 0 Å². The van der Waals surface area contributed by atoms with Crippen molar-refractivity contribution in [1.82, 2.24) is 9.97 Å². The van der Waals surface area contributed by atoms with Crippen LogP contribution in [0.2, 0.25) is 0 Å². The Morgan fingerprint density at radius 2 is 2.17 bits per heavy atom. The van der Waals surface area contributed by atoms with Gasteiger partial charge >= 0.3 is 0 Å². The topological polar surface area (TPSA) is 84.1 Å². The molecule has 0 aliphatic heterocycles. The van der Waals surface area contributed by atoms with Crippen molar-refractivity contribution in [2.45, 2.75) is 31.3 Å². The van der Waals surface area contributed by atoms with Crippen LogP contribution >= 0.6 is 11.8 Å². The first-order chi connectivity index (χ1) is 11.6. The van der Waals surface area contributed by atoms with Crippen molar-refractivity contribution in [3.8, 4) is 5.75 Å². The number of carbonyl (C=O) groups excluding carboxylic acids is 1. The Morgan fingerprint density at radius 3 is 2.92 bits per heavy atom. The summed E-state index contributed by atoms with van der Waals surface area (Å²) in [5.41, 5.74) is 1.27. The van der Waals surface area contributed by atoms with Crippen molar-refractivity contribution < 1.29 is 9.53 Å². The van der Waals surface area contributed by atoms with Crippen LogP contribution in [0.4, 0.5) is 5.69 Å². The van der Waals surface area contributed by atoms with Crippen LogP contribution in [-0.4, -0.2) is 28.7 Å². The highest BCUT2D eigenvalue weighted by atomic mass is 32.2. The average molecular weight is 347 g/mol. The van der Waals surface area contributed by atoms with E-state index in [-0.39, 0.29) is 11.5 Å². The third kappa shape index (κ3) is 5.42. The van der Waals surface area contributed by atoms with Gasteiger partial charge in [-0.3, -0.25) is 9.59 Å². The molecule has 0 saturated carbocycles. The van der Waals surface area contributed by atoms with Gasteiger partial charge in [0.25, 0.3) is 5.56 Å². The number of nitrogens with one attached hydrogen (secondary N) is 2. The second-order valence-corrected chi connectivity index (χ2v) is 6.22. The Kier molecular flexibility index (Phi) is 6.87. The van der Waals surface area contributed by atoms with E-state index < -0.39 is 0 Å². The lowest BCUT2D eigenvalue weighted by molar-refractivity contribution is -0.115. The van der Waals surface area contributed by atoms with E-state index in [0.29, 0.717) is 28.8 Å². The Bertz CT molecular complexity index is 746. The minimum Gasteiger partial charge on any atom is -0.495 e. The number of H-pyrrole nitrogens is 1. The highest BCUT2D eigenvalue weighted by Crippen LogP contribution is 2.23. The summed E-state index contributed by atoms with van der Waals surface area (Å²) in [4.78, 5) is 30.7. The number of anilines is 1. The van der Waals surface area contributed by atoms with E-state index in [9.17, 15) is 9.59 Å². The molecule has 1 heterocycles. The van der Waals surface area contributed by atoms with E-state index in [4.69, 9.17) is 4.74 Å². The van der Waals surface area contributed by atoms with Crippen molar-refractivity contribution in [2.75, 3.05) is 18.2 Å². The molecule has 0 saturated heterocycles. The SMILES string of the molecule is CCCc1cc(=O)[nH]c(SCCC(=O)Nc2ccccc2OC)n1. The van der Waals surface area contributed by atoms with Crippen molar-refractivity contribution >= 4 is 23.4 Å². The number of nitrogens with zero attached hydrogens (tertiary/aromatic N) is 1. The number of hydrogen-bond donors (Lipinski definition) is 2. The quantitative estimate of drug-likeness (QED) is 0.567. The third-order valence-electron chi connectivity index (χ3n) is 3.23. The maximum absolute atomic E-state index is 12.0. The minimum absolute atomic E-state index is 0.112. The monoisotopic (exact) mass is 347 g/mol. The summed E-state index contributed by atoms with van der Waals surface area (Å²) in [5, 5.41) is 3.37. The molecule has 0 aliphatic carbocycles. The molecule has 2 aromatic rings. The number of methoxy groups -OCH3 is 1. The predicted molar refractivity (Wildman–Crippen MR) is 95.8 cm³/mol. The molecule has 2 rings (SSSR count). The number of para-hydroxylation sites is 2. The number of hydrogen-bond acceptors (Lipinski definition) is 5. The molecule has 2 N–H and O–H groups in total. The van der Waals surface area contributed by atoms with Crippen LogP contribution in [0, 0.1) is 0 Å². The number of aromatic nitrogens is 2. The Hall–Kier alpha value is -2.28. The molecule has 0 radical (unpaired) electrons. The van der Waals surface area contributed by atoms with Gasteiger partial charge in [-0.25, -0.2) is 4.98 Å². The van der Waals surface area contributed by atoms with Crippen LogP contribution in [0.1, 0.15) is 25.5 Å². The fourth-order valence-electron chi connectivity index (χ4n) is 2.14. The van der Waals surface area contributed by atoms with E-state index >= 15 is 0 Å². The normalized spacial score (nSPS) is 10.4. The Balaban J connectivity index is 1.87. The first kappa shape index (κ1) is 18.1. The van der Waals surface area contributed by atoms with E-state index in [2.05, 4.69) is 15.3 Å². The zero-order valence-electron chi connectivity index (χ0n) is 13.8. The number of ether oxygens (including phenoxy) is 1. The van der Waals surface area contributed by atoms with Crippen LogP contribution in [0.5, 0.6) is 5.75 Å². The van der Waals surface area contributed by atoms with Gasteiger partial charge in [0, 0.05) is 23.9 Å². The van der Waals surface area contributed by atoms with Gasteiger partial charge in [-0.05, 0) is 18.6 Å². The van der Waals surface area contributed by atoms with Crippen LogP contribution in [0.3, 0.4) is 0 Å². The van der Waals surface area contributed by atoms with Gasteiger partial charge in [-0.15, -0.1) is 0 Å². The van der Waals surface area contributed by atoms with Gasteiger partial charge in [0.1, 0.15) is 5.75 Å². The van der Waals surface area contributed by atoms with Crippen LogP contribution < -0.4 is 15.6 Å². The molecule has 7 heteroatoms. The van der Waals surface area contributed by atoms with Gasteiger partial charge < -0.3 is 15.0 Å². The van der Waals surface area contributed by atoms with E-state index in [1.54, 1.807) is 19.2 Å². The van der Waals surface area contributed by atoms with E-state index in [1.165, 1.54) is 17.8 Å². The number of aromatic amines is 1. The molecule has 6 nitrogen and oxygen atoms in total. The van der Waals surface area contributed by atoms with Gasteiger partial charge in [0.15, 0.2) is 5.16 Å². The number of aryl methyl sites for hydroxylation is 1. The highest BCUT2D eigenvalue weighted by molar-refractivity contribution is 7.99. The molecule has 1 aromatic heterocycles. The number of carbonyl (C=O) groups is 1. The average Bonchev–Trinajstić information content (AvgIpc) is 2.55. The molecule has 0 fully saturated rings. The molecule has 0 atom stereocenters. The molecule has 0 bridgehead atoms. The van der Waals surface area contributed by atoms with Crippen molar-refractivity contribution in [2.24, 2.45) is 0 Å². The second kappa shape index (κ2) is 9.12. The number of thioether (sulfide) groups is 1. The zero-order valence-corrected chi connectivity index (χ0v) is 14.6. The summed E-state index contributed by atoms with van der Waals surface area (Å²) in [6, 6.07) is 8.77. The zero-order chi connectivity index (χ0) is 17.4. The van der Waals surface area contributed by atoms with Crippen LogP contribution in [-0.2, 0) is 11.2 Å². The number of benzene rings is 1. The fraction of sp³-hybridized carbons (Fsp3) is 0.353. The minimum atomic E-state index is -0.158. The predicted octanol–water partition coefficient (Wildman–Crippen LogP) is 2.85. The molecular weight excluding hydrogens is 326 g/mol. The summed E-state index contributed by atoms with van der Waals surface area (Å²) in [6.07, 6.45) is 2.01. The largest absolute Gasteiger partial charge is 0.495 e. The Labute approximate surface area is 145 Å². The standard InChI is InChI=1S/C17H21N3O3S/c1-3-6-12-11-16(22)20-17(18-12)24-10-9-15(21)19-13-7-4-5-8-14(13)23-2/h4-5,7-8,11H,3,6,9-10H2,1-2H3,(H,19,21)(H,18,20,22). The summed E-state index contributed by atoms with van der Waals surface area (Å²) >= 11 is 1.36. The summed E-state index contributed by atoms with van der Waals surface area (Å²) < 4.78 is 5.20. The van der Waals surface area contributed by atoms with Gasteiger partial charge in [-0.1, -0.05) is 37.2 Å². The van der Waals surface area contributed by atoms with Crippen LogP contribution in [0.15, 0.2) is 40.3 Å². The van der Waals surface area contributed by atoms with Gasteiger partial charge in [0.2, 0.25) is 5.91 Å². The van der Waals surface area contributed by atoms with Crippen molar-refractivity contribution in [1.29, 1.82) is 0 Å². The molecule has 0 spiro atoms. The maximum Gasteiger partial charge on any atom is 0.251 e. The van der Waals surface area contributed by atoms with Gasteiger partial charge in [-0.2, -0.15) is 0 Å². The Morgan fingerprint density at radius 1 is 1.38 bits per heavy atom. The first-order valence-electron chi connectivity index (χ1n) is 7.78. The number of amides is 1. The highest BCUT2D eigenvalue weighted by Gasteiger charge is 2.08. The fourth-order valence-corrected chi connectivity index (χ4v) is 2.97. The van der Waals surface area contributed by atoms with Crippen molar-refractivity contribution in [3.05, 3.63) is 46.4 Å². The molecule has 0 aliphatic rings. The van der Waals surface area contributed by atoms with Crippen LogP contribution in [0.25, 0.3) is 0 Å². The lowest BCUT2D eigenvalue weighted by Crippen LogP contribution is -2.14. The lowest BCUT2D eigenvalue weighted by Gasteiger charge is -2.09. The molecule has 128 valence electrons. The molecule has 1 amide bonds. The lowest BCUT2D eigenvalue weighted by atomic mass is 10.2. The summed E-state index contributed by atoms with van der Waals surface area (Å²) in [5.74, 6) is 1.04. The smallest absolute Gasteiger partial charge is 0.251 e. The van der Waals surface area contributed by atoms with E-state index in [0.717, 1.165) is 18.5 Å². The summed E-state index contributed by atoms with van der Waals surface area (Å²) in [6.45, 7) is 2.04. The molecule has 1 aromatic carbocycles. The maximum atomic E-state index is 12.0. The molecule has 24 heavy (non-hydrogen) atoms. The molecule has 0 unspecified atom stereocenters. The number of rotatable bonds is 8. The summed E-state index contributed by atoms with van der Waals surface area (Å²) in [7, 11) is 1.56. The third-order valence-corrected chi connectivity index (χ3v) is 4.10. The van der Waals surface area contributed by atoms with Gasteiger partial charge in [0.05, 0.1) is 12.8 Å². The first-order valence-corrected chi connectivity index (χ1v) is 8.77.